The summed E-state index contributed by atoms with van der Waals surface area (Å²) in [7, 11) is 0. The van der Waals surface area contributed by atoms with E-state index in [1.54, 1.807) is 0 Å². The number of rotatable bonds is 3. The fraction of sp³-hybridized carbons (Fsp3) is 0.917. The molecule has 1 saturated carbocycles. The minimum absolute atomic E-state index is 0.209. The van der Waals surface area contributed by atoms with Crippen LogP contribution in [0.2, 0.25) is 0 Å². The Bertz CT molecular complexity index is 244. The molecule has 1 aliphatic heterocycles. The largest absolute Gasteiger partial charge is 0.356 e. The van der Waals surface area contributed by atoms with E-state index in [4.69, 9.17) is 0 Å². The molecule has 1 aliphatic carbocycles. The minimum Gasteiger partial charge on any atom is -0.356 e. The van der Waals surface area contributed by atoms with Crippen LogP contribution < -0.4 is 10.6 Å². The molecular weight excluding hydrogens is 188 g/mol. The van der Waals surface area contributed by atoms with Crippen molar-refractivity contribution >= 4 is 5.91 Å². The molecule has 3 heteroatoms. The summed E-state index contributed by atoms with van der Waals surface area (Å²) in [5.41, 5.74) is 0.470. The highest BCUT2D eigenvalue weighted by molar-refractivity contribution is 5.79. The van der Waals surface area contributed by atoms with E-state index in [0.29, 0.717) is 11.3 Å². The summed E-state index contributed by atoms with van der Waals surface area (Å²) in [6.07, 6.45) is 3.44. The Labute approximate surface area is 92.0 Å². The van der Waals surface area contributed by atoms with Gasteiger partial charge in [-0.05, 0) is 37.1 Å². The number of hydrogen-bond acceptors (Lipinski definition) is 2. The molecule has 86 valence electrons. The van der Waals surface area contributed by atoms with Crippen molar-refractivity contribution < 1.29 is 4.79 Å². The molecule has 2 atom stereocenters. The lowest BCUT2D eigenvalue weighted by Crippen LogP contribution is -2.41. The van der Waals surface area contributed by atoms with Crippen molar-refractivity contribution in [3.8, 4) is 0 Å². The van der Waals surface area contributed by atoms with Crippen LogP contribution in [0.25, 0.3) is 0 Å². The quantitative estimate of drug-likeness (QED) is 0.733. The van der Waals surface area contributed by atoms with Crippen molar-refractivity contribution in [2.24, 2.45) is 17.3 Å². The third kappa shape index (κ3) is 2.71. The first-order valence-corrected chi connectivity index (χ1v) is 6.08. The van der Waals surface area contributed by atoms with E-state index in [9.17, 15) is 4.79 Å². The van der Waals surface area contributed by atoms with E-state index in [-0.39, 0.29) is 11.8 Å². The average molecular weight is 210 g/mol. The molecule has 15 heavy (non-hydrogen) atoms. The van der Waals surface area contributed by atoms with Crippen LogP contribution in [-0.4, -0.2) is 25.5 Å². The third-order valence-electron chi connectivity index (χ3n) is 3.91. The molecule has 1 amide bonds. The minimum atomic E-state index is 0.209. The summed E-state index contributed by atoms with van der Waals surface area (Å²) in [6, 6.07) is 0. The van der Waals surface area contributed by atoms with Gasteiger partial charge in [0.05, 0.1) is 5.92 Å². The molecule has 3 nitrogen and oxygen atoms in total. The first-order chi connectivity index (χ1) is 7.09. The van der Waals surface area contributed by atoms with Crippen molar-refractivity contribution in [3.63, 3.8) is 0 Å². The van der Waals surface area contributed by atoms with Gasteiger partial charge in [-0.3, -0.25) is 4.79 Å². The number of amides is 1. The highest BCUT2D eigenvalue weighted by atomic mass is 16.1. The summed E-state index contributed by atoms with van der Waals surface area (Å²) in [5, 5.41) is 6.37. The second kappa shape index (κ2) is 4.12. The Morgan fingerprint density at radius 2 is 2.27 bits per heavy atom. The van der Waals surface area contributed by atoms with Gasteiger partial charge in [-0.25, -0.2) is 0 Å². The van der Waals surface area contributed by atoms with Crippen molar-refractivity contribution in [1.29, 1.82) is 0 Å². The number of piperidine rings is 1. The van der Waals surface area contributed by atoms with Gasteiger partial charge in [-0.15, -0.1) is 0 Å². The number of hydrogen-bond donors (Lipinski definition) is 2. The van der Waals surface area contributed by atoms with Crippen LogP contribution >= 0.6 is 0 Å². The third-order valence-corrected chi connectivity index (χ3v) is 3.91. The van der Waals surface area contributed by atoms with Crippen LogP contribution in [0.5, 0.6) is 0 Å². The van der Waals surface area contributed by atoms with Crippen LogP contribution in [0.1, 0.15) is 33.1 Å². The van der Waals surface area contributed by atoms with Crippen LogP contribution in [0.15, 0.2) is 0 Å². The zero-order chi connectivity index (χ0) is 10.9. The van der Waals surface area contributed by atoms with Crippen molar-refractivity contribution in [3.05, 3.63) is 0 Å². The highest BCUT2D eigenvalue weighted by Gasteiger charge is 2.45. The van der Waals surface area contributed by atoms with E-state index in [2.05, 4.69) is 24.5 Å². The van der Waals surface area contributed by atoms with Gasteiger partial charge < -0.3 is 10.6 Å². The molecule has 0 aromatic rings. The molecule has 2 aliphatic rings. The Morgan fingerprint density at radius 1 is 1.53 bits per heavy atom. The van der Waals surface area contributed by atoms with Gasteiger partial charge in [-0.2, -0.15) is 0 Å². The predicted molar refractivity (Wildman–Crippen MR) is 60.5 cm³/mol. The standard InChI is InChI=1S/C12H22N2O/c1-12(2)6-10(12)8-14-11(15)9-4-3-5-13-7-9/h9-10,13H,3-8H2,1-2H3,(H,14,15). The van der Waals surface area contributed by atoms with Gasteiger partial charge in [0.25, 0.3) is 0 Å². The van der Waals surface area contributed by atoms with E-state index in [1.165, 1.54) is 6.42 Å². The molecule has 1 saturated heterocycles. The van der Waals surface area contributed by atoms with Crippen molar-refractivity contribution in [1.82, 2.24) is 10.6 Å². The predicted octanol–water partition coefficient (Wildman–Crippen LogP) is 1.15. The molecule has 2 fully saturated rings. The first-order valence-electron chi connectivity index (χ1n) is 6.08. The fourth-order valence-electron chi connectivity index (χ4n) is 2.37. The summed E-state index contributed by atoms with van der Waals surface area (Å²) < 4.78 is 0. The Morgan fingerprint density at radius 3 is 2.80 bits per heavy atom. The molecule has 0 radical (unpaired) electrons. The summed E-state index contributed by atoms with van der Waals surface area (Å²) in [4.78, 5) is 11.8. The summed E-state index contributed by atoms with van der Waals surface area (Å²) in [5.74, 6) is 1.17. The van der Waals surface area contributed by atoms with E-state index >= 15 is 0 Å². The van der Waals surface area contributed by atoms with Gasteiger partial charge in [0.2, 0.25) is 5.91 Å². The van der Waals surface area contributed by atoms with Crippen LogP contribution in [0, 0.1) is 17.3 Å². The van der Waals surface area contributed by atoms with Crippen LogP contribution in [0.4, 0.5) is 0 Å². The molecular formula is C12H22N2O. The highest BCUT2D eigenvalue weighted by Crippen LogP contribution is 2.50. The lowest BCUT2D eigenvalue weighted by molar-refractivity contribution is -0.125. The Balaban J connectivity index is 1.68. The number of carbonyl (C=O) groups excluding carboxylic acids is 1. The van der Waals surface area contributed by atoms with Gasteiger partial charge in [0.1, 0.15) is 0 Å². The molecule has 2 unspecified atom stereocenters. The smallest absolute Gasteiger partial charge is 0.224 e. The van der Waals surface area contributed by atoms with Gasteiger partial charge in [-0.1, -0.05) is 13.8 Å². The normalized spacial score (nSPS) is 33.5. The van der Waals surface area contributed by atoms with E-state index in [1.807, 2.05) is 0 Å². The second-order valence-electron chi connectivity index (χ2n) is 5.68. The summed E-state index contributed by atoms with van der Waals surface area (Å²) in [6.45, 7) is 7.35. The van der Waals surface area contributed by atoms with Gasteiger partial charge in [0.15, 0.2) is 0 Å². The average Bonchev–Trinajstić information content (AvgIpc) is 2.84. The van der Waals surface area contributed by atoms with Crippen LogP contribution in [-0.2, 0) is 4.79 Å². The zero-order valence-electron chi connectivity index (χ0n) is 9.81. The maximum Gasteiger partial charge on any atom is 0.224 e. The number of carbonyl (C=O) groups is 1. The lowest BCUT2D eigenvalue weighted by atomic mass is 9.99. The maximum atomic E-state index is 11.8. The SMILES string of the molecule is CC1(C)CC1CNC(=O)C1CCCNC1. The Hall–Kier alpha value is -0.570. The lowest BCUT2D eigenvalue weighted by Gasteiger charge is -2.22. The molecule has 1 heterocycles. The van der Waals surface area contributed by atoms with Gasteiger partial charge >= 0.3 is 0 Å². The molecule has 0 aromatic heterocycles. The Kier molecular flexibility index (Phi) is 3.01. The van der Waals surface area contributed by atoms with Crippen LogP contribution in [0.3, 0.4) is 0 Å². The molecule has 0 spiro atoms. The summed E-state index contributed by atoms with van der Waals surface area (Å²) >= 11 is 0. The number of nitrogens with one attached hydrogen (secondary N) is 2. The zero-order valence-corrected chi connectivity index (χ0v) is 9.81. The van der Waals surface area contributed by atoms with E-state index < -0.39 is 0 Å². The molecule has 2 rings (SSSR count). The van der Waals surface area contributed by atoms with E-state index in [0.717, 1.165) is 32.5 Å². The van der Waals surface area contributed by atoms with Crippen molar-refractivity contribution in [2.45, 2.75) is 33.1 Å². The maximum absolute atomic E-state index is 11.8. The second-order valence-corrected chi connectivity index (χ2v) is 5.68. The molecule has 0 bridgehead atoms. The van der Waals surface area contributed by atoms with Gasteiger partial charge in [0, 0.05) is 13.1 Å². The monoisotopic (exact) mass is 210 g/mol. The first kappa shape index (κ1) is 10.9. The molecule has 0 aromatic carbocycles. The molecule has 2 N–H and O–H groups in total. The topological polar surface area (TPSA) is 41.1 Å². The fourth-order valence-corrected chi connectivity index (χ4v) is 2.37. The van der Waals surface area contributed by atoms with Crippen molar-refractivity contribution in [2.75, 3.05) is 19.6 Å².